The number of hydrogen-bond donors (Lipinski definition) is 2. The van der Waals surface area contributed by atoms with Gasteiger partial charge in [0.05, 0.1) is 19.2 Å². The van der Waals surface area contributed by atoms with Crippen LogP contribution in [0.3, 0.4) is 0 Å². The summed E-state index contributed by atoms with van der Waals surface area (Å²) in [5.41, 5.74) is 3.62. The van der Waals surface area contributed by atoms with Crippen molar-refractivity contribution in [3.63, 3.8) is 0 Å². The number of amides is 2. The topological polar surface area (TPSA) is 77.7 Å². The summed E-state index contributed by atoms with van der Waals surface area (Å²) in [5, 5.41) is 4.05. The van der Waals surface area contributed by atoms with Crippen LogP contribution in [0.4, 0.5) is 11.4 Å². The molecule has 1 fully saturated rings. The number of methoxy groups -OCH3 is 1. The van der Waals surface area contributed by atoms with Crippen molar-refractivity contribution in [2.24, 2.45) is 0 Å². The Labute approximate surface area is 169 Å². The number of hydrogen-bond acceptors (Lipinski definition) is 4. The molecule has 7 heteroatoms. The molecule has 7 nitrogen and oxygen atoms in total. The Morgan fingerprint density at radius 2 is 1.97 bits per heavy atom. The summed E-state index contributed by atoms with van der Waals surface area (Å²) >= 11 is 0. The van der Waals surface area contributed by atoms with Gasteiger partial charge in [0, 0.05) is 49.0 Å². The smallest absolute Gasteiger partial charge is 0.228 e. The van der Waals surface area contributed by atoms with Crippen LogP contribution in [0.1, 0.15) is 5.56 Å². The first-order valence-corrected chi connectivity index (χ1v) is 9.65. The van der Waals surface area contributed by atoms with Crippen LogP contribution >= 0.6 is 0 Å². The Morgan fingerprint density at radius 1 is 1.17 bits per heavy atom. The Balaban J connectivity index is 1.49. The molecule has 29 heavy (non-hydrogen) atoms. The van der Waals surface area contributed by atoms with Crippen LogP contribution in [-0.2, 0) is 16.0 Å². The maximum Gasteiger partial charge on any atom is 0.228 e. The second kappa shape index (κ2) is 8.26. The van der Waals surface area contributed by atoms with Crippen LogP contribution in [0, 0.1) is 0 Å². The van der Waals surface area contributed by atoms with Gasteiger partial charge in [0.15, 0.2) is 0 Å². The number of fused-ring (bicyclic) bond motifs is 1. The number of nitrogens with zero attached hydrogens (tertiary/aromatic N) is 2. The molecule has 0 spiro atoms. The van der Waals surface area contributed by atoms with Gasteiger partial charge >= 0.3 is 0 Å². The van der Waals surface area contributed by atoms with Crippen molar-refractivity contribution in [3.8, 4) is 5.75 Å². The fourth-order valence-corrected chi connectivity index (χ4v) is 3.72. The molecule has 0 atom stereocenters. The Bertz CT molecular complexity index is 1020. The average molecular weight is 392 g/mol. The minimum absolute atomic E-state index is 0.101. The van der Waals surface area contributed by atoms with Gasteiger partial charge in [-0.15, -0.1) is 0 Å². The number of para-hydroxylation sites is 1. The number of carbonyl (C=O) groups is 2. The molecule has 3 aromatic rings. The fourth-order valence-electron chi connectivity index (χ4n) is 3.72. The molecule has 0 saturated carbocycles. The Kier molecular flexibility index (Phi) is 5.37. The molecule has 2 N–H and O–H groups in total. The van der Waals surface area contributed by atoms with Gasteiger partial charge in [-0.2, -0.15) is 0 Å². The lowest BCUT2D eigenvalue weighted by molar-refractivity contribution is -0.118. The summed E-state index contributed by atoms with van der Waals surface area (Å²) in [5.74, 6) is 0.517. The highest BCUT2D eigenvalue weighted by Gasteiger charge is 2.18. The number of benzene rings is 2. The molecule has 1 saturated heterocycles. The standard InChI is InChI=1S/C22H24N4O3/c1-29-21-7-6-17(26-10-8-25(15-27)9-11-26)13-20(21)24-22(28)12-16-14-23-19-5-3-2-4-18(16)19/h2-7,13-15,23H,8-12H2,1H3,(H,24,28). The minimum Gasteiger partial charge on any atom is -0.495 e. The van der Waals surface area contributed by atoms with Crippen LogP contribution in [0.5, 0.6) is 5.75 Å². The van der Waals surface area contributed by atoms with E-state index in [0.717, 1.165) is 41.7 Å². The zero-order valence-corrected chi connectivity index (χ0v) is 16.4. The van der Waals surface area contributed by atoms with Gasteiger partial charge in [-0.05, 0) is 29.8 Å². The summed E-state index contributed by atoms with van der Waals surface area (Å²) < 4.78 is 5.43. The van der Waals surface area contributed by atoms with E-state index >= 15 is 0 Å². The van der Waals surface area contributed by atoms with Gasteiger partial charge in [-0.1, -0.05) is 18.2 Å². The minimum atomic E-state index is -0.101. The van der Waals surface area contributed by atoms with E-state index < -0.39 is 0 Å². The largest absolute Gasteiger partial charge is 0.495 e. The molecule has 1 aromatic heterocycles. The molecule has 2 amide bonds. The van der Waals surface area contributed by atoms with Gasteiger partial charge in [0.25, 0.3) is 0 Å². The maximum atomic E-state index is 12.7. The first-order valence-electron chi connectivity index (χ1n) is 9.65. The van der Waals surface area contributed by atoms with Crippen molar-refractivity contribution in [3.05, 3.63) is 54.2 Å². The van der Waals surface area contributed by atoms with E-state index in [1.807, 2.05) is 48.7 Å². The number of carbonyl (C=O) groups excluding carboxylic acids is 2. The highest BCUT2D eigenvalue weighted by atomic mass is 16.5. The second-order valence-corrected chi connectivity index (χ2v) is 7.10. The van der Waals surface area contributed by atoms with Gasteiger partial charge in [-0.25, -0.2) is 0 Å². The lowest BCUT2D eigenvalue weighted by Crippen LogP contribution is -2.45. The van der Waals surface area contributed by atoms with Crippen LogP contribution < -0.4 is 15.0 Å². The van der Waals surface area contributed by atoms with Crippen LogP contribution in [0.25, 0.3) is 10.9 Å². The van der Waals surface area contributed by atoms with Gasteiger partial charge in [0.1, 0.15) is 5.75 Å². The molecule has 2 aromatic carbocycles. The van der Waals surface area contributed by atoms with Crippen molar-refractivity contribution in [1.82, 2.24) is 9.88 Å². The second-order valence-electron chi connectivity index (χ2n) is 7.10. The zero-order chi connectivity index (χ0) is 20.2. The highest BCUT2D eigenvalue weighted by molar-refractivity contribution is 5.97. The molecule has 1 aliphatic heterocycles. The normalized spacial score (nSPS) is 14.1. The number of anilines is 2. The first-order chi connectivity index (χ1) is 14.2. The summed E-state index contributed by atoms with van der Waals surface area (Å²) in [4.78, 5) is 30.8. The number of piperazine rings is 1. The molecule has 0 aliphatic carbocycles. The Morgan fingerprint density at radius 3 is 2.72 bits per heavy atom. The van der Waals surface area contributed by atoms with E-state index in [1.165, 1.54) is 0 Å². The highest BCUT2D eigenvalue weighted by Crippen LogP contribution is 2.30. The van der Waals surface area contributed by atoms with Gasteiger partial charge < -0.3 is 24.8 Å². The third kappa shape index (κ3) is 4.03. The monoisotopic (exact) mass is 392 g/mol. The molecule has 150 valence electrons. The van der Waals surface area contributed by atoms with E-state index in [2.05, 4.69) is 15.2 Å². The third-order valence-corrected chi connectivity index (χ3v) is 5.31. The van der Waals surface area contributed by atoms with Crippen LogP contribution in [0.2, 0.25) is 0 Å². The van der Waals surface area contributed by atoms with E-state index in [-0.39, 0.29) is 12.3 Å². The van der Waals surface area contributed by atoms with E-state index in [4.69, 9.17) is 4.74 Å². The third-order valence-electron chi connectivity index (χ3n) is 5.31. The van der Waals surface area contributed by atoms with Crippen molar-refractivity contribution in [2.45, 2.75) is 6.42 Å². The molecule has 0 radical (unpaired) electrons. The van der Waals surface area contributed by atoms with E-state index in [9.17, 15) is 9.59 Å². The van der Waals surface area contributed by atoms with E-state index in [1.54, 1.807) is 12.0 Å². The number of H-pyrrole nitrogens is 1. The number of rotatable bonds is 6. The predicted octanol–water partition coefficient (Wildman–Crippen LogP) is 2.64. The summed E-state index contributed by atoms with van der Waals surface area (Å²) in [7, 11) is 1.59. The van der Waals surface area contributed by atoms with E-state index in [0.29, 0.717) is 24.5 Å². The molecule has 4 rings (SSSR count). The summed E-state index contributed by atoms with van der Waals surface area (Å²) in [6.07, 6.45) is 3.04. The predicted molar refractivity (Wildman–Crippen MR) is 113 cm³/mol. The molecule has 0 bridgehead atoms. The lowest BCUT2D eigenvalue weighted by atomic mass is 10.1. The van der Waals surface area contributed by atoms with Crippen molar-refractivity contribution >= 4 is 34.6 Å². The van der Waals surface area contributed by atoms with Crippen LogP contribution in [0.15, 0.2) is 48.7 Å². The number of aromatic nitrogens is 1. The molecular formula is C22H24N4O3. The average Bonchev–Trinajstić information content (AvgIpc) is 3.16. The SMILES string of the molecule is COc1ccc(N2CCN(C=O)CC2)cc1NC(=O)Cc1c[nH]c2ccccc12. The molecule has 1 aliphatic rings. The van der Waals surface area contributed by atoms with Gasteiger partial charge in [0.2, 0.25) is 12.3 Å². The maximum absolute atomic E-state index is 12.7. The van der Waals surface area contributed by atoms with Crippen molar-refractivity contribution < 1.29 is 14.3 Å². The van der Waals surface area contributed by atoms with Crippen molar-refractivity contribution in [2.75, 3.05) is 43.5 Å². The Hall–Kier alpha value is -3.48. The van der Waals surface area contributed by atoms with Gasteiger partial charge in [-0.3, -0.25) is 9.59 Å². The molecular weight excluding hydrogens is 368 g/mol. The summed E-state index contributed by atoms with van der Waals surface area (Å²) in [6.45, 7) is 2.90. The fraction of sp³-hybridized carbons (Fsp3) is 0.273. The quantitative estimate of drug-likeness (QED) is 0.632. The summed E-state index contributed by atoms with van der Waals surface area (Å²) in [6, 6.07) is 13.7. The van der Waals surface area contributed by atoms with Crippen LogP contribution in [-0.4, -0.2) is 55.5 Å². The number of nitrogens with one attached hydrogen (secondary N) is 2. The number of aromatic amines is 1. The number of ether oxygens (including phenoxy) is 1. The molecule has 2 heterocycles. The lowest BCUT2D eigenvalue weighted by Gasteiger charge is -2.34. The zero-order valence-electron chi connectivity index (χ0n) is 16.4. The van der Waals surface area contributed by atoms with Crippen molar-refractivity contribution in [1.29, 1.82) is 0 Å². The molecule has 0 unspecified atom stereocenters. The first kappa shape index (κ1) is 18.9.